The maximum Gasteiger partial charge on any atom is 0.335 e. The second-order valence-electron chi connectivity index (χ2n) is 6.32. The topological polar surface area (TPSA) is 75.6 Å². The normalized spacial score (nSPS) is 38.0. The number of benzene rings is 1. The Morgan fingerprint density at radius 1 is 1.38 bits per heavy atom. The number of ether oxygens (including phenoxy) is 1. The third-order valence-corrected chi connectivity index (χ3v) is 4.88. The first-order valence-corrected chi connectivity index (χ1v) is 7.16. The van der Waals surface area contributed by atoms with Gasteiger partial charge in [-0.2, -0.15) is 0 Å². The van der Waals surface area contributed by atoms with Gasteiger partial charge in [-0.1, -0.05) is 25.1 Å². The number of fused-ring (bicyclic) bond motifs is 2. The number of aliphatic hydroxyl groups is 1. The summed E-state index contributed by atoms with van der Waals surface area (Å²) in [6.07, 6.45) is -0.194. The average molecular weight is 289 g/mol. The van der Waals surface area contributed by atoms with Crippen molar-refractivity contribution in [2.75, 3.05) is 0 Å². The number of nitrogens with one attached hydrogen (secondary N) is 1. The molecule has 1 aliphatic carbocycles. The van der Waals surface area contributed by atoms with E-state index in [0.29, 0.717) is 18.4 Å². The molecular formula is C16H19NO4. The average Bonchev–Trinajstić information content (AvgIpc) is 2.69. The van der Waals surface area contributed by atoms with Gasteiger partial charge in [-0.15, -0.1) is 0 Å². The van der Waals surface area contributed by atoms with Gasteiger partial charge in [-0.3, -0.25) is 4.79 Å². The minimum Gasteiger partial charge on any atom is -0.457 e. The fourth-order valence-corrected chi connectivity index (χ4v) is 3.32. The van der Waals surface area contributed by atoms with Crippen LogP contribution in [-0.4, -0.2) is 34.2 Å². The molecular weight excluding hydrogens is 270 g/mol. The van der Waals surface area contributed by atoms with E-state index in [2.05, 4.69) is 5.32 Å². The lowest BCUT2D eigenvalue weighted by atomic mass is 9.69. The molecule has 21 heavy (non-hydrogen) atoms. The molecule has 1 saturated carbocycles. The Balaban J connectivity index is 1.90. The highest BCUT2D eigenvalue weighted by Gasteiger charge is 2.65. The summed E-state index contributed by atoms with van der Waals surface area (Å²) in [6.45, 7) is 3.81. The SMILES string of the molecule is C[C@@H]1C[C@@H](O)[C@@]2(NC(=O)c3ccccc3)C[C@]1(C)OC2=O. The lowest BCUT2D eigenvalue weighted by molar-refractivity contribution is -0.152. The minimum absolute atomic E-state index is 0.0562. The van der Waals surface area contributed by atoms with Gasteiger partial charge in [-0.05, 0) is 31.4 Å². The molecule has 1 saturated heterocycles. The smallest absolute Gasteiger partial charge is 0.335 e. The summed E-state index contributed by atoms with van der Waals surface area (Å²) in [5.41, 5.74) is -1.49. The van der Waals surface area contributed by atoms with Gasteiger partial charge in [0.1, 0.15) is 5.60 Å². The molecule has 0 spiro atoms. The van der Waals surface area contributed by atoms with Crippen LogP contribution in [0.1, 0.15) is 37.0 Å². The van der Waals surface area contributed by atoms with Gasteiger partial charge in [0.05, 0.1) is 6.10 Å². The number of amides is 1. The largest absolute Gasteiger partial charge is 0.457 e. The summed E-state index contributed by atoms with van der Waals surface area (Å²) >= 11 is 0. The van der Waals surface area contributed by atoms with Crippen LogP contribution >= 0.6 is 0 Å². The van der Waals surface area contributed by atoms with Crippen LogP contribution in [-0.2, 0) is 9.53 Å². The highest BCUT2D eigenvalue weighted by atomic mass is 16.6. The third-order valence-electron chi connectivity index (χ3n) is 4.88. The number of hydrogen-bond acceptors (Lipinski definition) is 4. The maximum atomic E-state index is 12.3. The van der Waals surface area contributed by atoms with Gasteiger partial charge in [0.15, 0.2) is 5.54 Å². The van der Waals surface area contributed by atoms with E-state index in [9.17, 15) is 14.7 Å². The lowest BCUT2D eigenvalue weighted by Crippen LogP contribution is -2.62. The molecule has 2 N–H and O–H groups in total. The zero-order chi connectivity index (χ0) is 15.3. The predicted octanol–water partition coefficient (Wildman–Crippen LogP) is 1.26. The van der Waals surface area contributed by atoms with E-state index in [-0.39, 0.29) is 11.8 Å². The second-order valence-corrected chi connectivity index (χ2v) is 6.32. The van der Waals surface area contributed by atoms with Crippen molar-refractivity contribution in [1.29, 1.82) is 0 Å². The van der Waals surface area contributed by atoms with Crippen LogP contribution in [0.25, 0.3) is 0 Å². The van der Waals surface area contributed by atoms with Crippen molar-refractivity contribution in [2.45, 2.75) is 43.9 Å². The Kier molecular flexibility index (Phi) is 3.06. The van der Waals surface area contributed by atoms with Gasteiger partial charge in [0.2, 0.25) is 0 Å². The van der Waals surface area contributed by atoms with Gasteiger partial charge >= 0.3 is 5.97 Å². The molecule has 2 aliphatic rings. The van der Waals surface area contributed by atoms with Crippen LogP contribution in [0.2, 0.25) is 0 Å². The van der Waals surface area contributed by atoms with E-state index >= 15 is 0 Å². The maximum absolute atomic E-state index is 12.3. The summed E-state index contributed by atoms with van der Waals surface area (Å²) < 4.78 is 5.48. The molecule has 1 aliphatic heterocycles. The van der Waals surface area contributed by atoms with Gasteiger partial charge in [-0.25, -0.2) is 4.79 Å². The summed E-state index contributed by atoms with van der Waals surface area (Å²) in [7, 11) is 0. The van der Waals surface area contributed by atoms with Crippen molar-refractivity contribution in [3.05, 3.63) is 35.9 Å². The fraction of sp³-hybridized carbons (Fsp3) is 0.500. The van der Waals surface area contributed by atoms with E-state index in [4.69, 9.17) is 4.74 Å². The first-order valence-electron chi connectivity index (χ1n) is 7.16. The Hall–Kier alpha value is -1.88. The number of esters is 1. The number of carbonyl (C=O) groups excluding carboxylic acids is 2. The molecule has 4 atom stereocenters. The lowest BCUT2D eigenvalue weighted by Gasteiger charge is -2.40. The molecule has 2 bridgehead atoms. The minimum atomic E-state index is -1.33. The quantitative estimate of drug-likeness (QED) is 0.804. The van der Waals surface area contributed by atoms with Crippen LogP contribution in [0, 0.1) is 5.92 Å². The summed E-state index contributed by atoms with van der Waals surface area (Å²) in [5, 5.41) is 13.1. The highest BCUT2D eigenvalue weighted by molar-refractivity contribution is 5.99. The van der Waals surface area contributed by atoms with Crippen LogP contribution < -0.4 is 5.32 Å². The van der Waals surface area contributed by atoms with Crippen LogP contribution in [0.4, 0.5) is 0 Å². The molecule has 0 aromatic heterocycles. The number of rotatable bonds is 2. The summed E-state index contributed by atoms with van der Waals surface area (Å²) in [4.78, 5) is 24.7. The molecule has 3 rings (SSSR count). The van der Waals surface area contributed by atoms with Crippen LogP contribution in [0.5, 0.6) is 0 Å². The standard InChI is InChI=1S/C16H19NO4/c1-10-8-12(18)16(9-15(10,2)21-14(16)20)17-13(19)11-6-4-3-5-7-11/h3-7,10,12,18H,8-9H2,1-2H3,(H,17,19)/t10-,12-,15+,16+/m1/s1. The van der Waals surface area contributed by atoms with Crippen molar-refractivity contribution in [3.63, 3.8) is 0 Å². The first-order chi connectivity index (χ1) is 9.87. The van der Waals surface area contributed by atoms with Crippen LogP contribution in [0.3, 0.4) is 0 Å². The molecule has 112 valence electrons. The van der Waals surface area contributed by atoms with Gasteiger partial charge in [0.25, 0.3) is 5.91 Å². The molecule has 1 aromatic rings. The zero-order valence-corrected chi connectivity index (χ0v) is 12.1. The van der Waals surface area contributed by atoms with Gasteiger partial charge < -0.3 is 15.2 Å². The monoisotopic (exact) mass is 289 g/mol. The number of carbonyl (C=O) groups is 2. The van der Waals surface area contributed by atoms with Gasteiger partial charge in [0, 0.05) is 12.0 Å². The first kappa shape index (κ1) is 14.1. The summed E-state index contributed by atoms with van der Waals surface area (Å²) in [6, 6.07) is 8.66. The Bertz CT molecular complexity index is 587. The fourth-order valence-electron chi connectivity index (χ4n) is 3.32. The molecule has 1 aromatic carbocycles. The van der Waals surface area contributed by atoms with Crippen molar-refractivity contribution in [3.8, 4) is 0 Å². The molecule has 1 heterocycles. The van der Waals surface area contributed by atoms with E-state index in [1.165, 1.54) is 0 Å². The van der Waals surface area contributed by atoms with Crippen molar-refractivity contribution in [2.24, 2.45) is 5.92 Å². The third kappa shape index (κ3) is 2.03. The molecule has 2 fully saturated rings. The Morgan fingerprint density at radius 3 is 2.71 bits per heavy atom. The van der Waals surface area contributed by atoms with Crippen LogP contribution in [0.15, 0.2) is 30.3 Å². The van der Waals surface area contributed by atoms with Crippen molar-refractivity contribution < 1.29 is 19.4 Å². The summed E-state index contributed by atoms with van der Waals surface area (Å²) in [5.74, 6) is -0.850. The number of aliphatic hydroxyl groups excluding tert-OH is 1. The predicted molar refractivity (Wildman–Crippen MR) is 75.5 cm³/mol. The van der Waals surface area contributed by atoms with E-state index in [1.807, 2.05) is 19.9 Å². The highest BCUT2D eigenvalue weighted by Crippen LogP contribution is 2.48. The zero-order valence-electron chi connectivity index (χ0n) is 12.1. The Morgan fingerprint density at radius 2 is 2.05 bits per heavy atom. The molecule has 0 unspecified atom stereocenters. The Labute approximate surface area is 123 Å². The van der Waals surface area contributed by atoms with Crippen molar-refractivity contribution in [1.82, 2.24) is 5.32 Å². The second kappa shape index (κ2) is 4.56. The molecule has 1 amide bonds. The van der Waals surface area contributed by atoms with E-state index in [0.717, 1.165) is 0 Å². The van der Waals surface area contributed by atoms with Crippen molar-refractivity contribution >= 4 is 11.9 Å². The molecule has 5 nitrogen and oxygen atoms in total. The molecule has 0 radical (unpaired) electrons. The number of hydrogen-bond donors (Lipinski definition) is 2. The molecule has 5 heteroatoms. The van der Waals surface area contributed by atoms with E-state index < -0.39 is 23.2 Å². The van der Waals surface area contributed by atoms with E-state index in [1.54, 1.807) is 24.3 Å².